The van der Waals surface area contributed by atoms with Crippen molar-refractivity contribution in [1.82, 2.24) is 4.98 Å². The van der Waals surface area contributed by atoms with Crippen LogP contribution in [0.1, 0.15) is 65.4 Å². The summed E-state index contributed by atoms with van der Waals surface area (Å²) in [6.45, 7) is 13.1. The predicted octanol–water partition coefficient (Wildman–Crippen LogP) is 7.63. The number of rotatable bonds is 9. The minimum Gasteiger partial charge on any atom is -0.461 e. The number of nitrogens with zero attached hydrogens (tertiary/aromatic N) is 3. The van der Waals surface area contributed by atoms with E-state index in [-0.39, 0.29) is 63.3 Å². The third-order valence-electron chi connectivity index (χ3n) is 12.1. The number of nitro groups is 1. The molecule has 0 unspecified atom stereocenters. The van der Waals surface area contributed by atoms with Gasteiger partial charge >= 0.3 is 5.97 Å². The van der Waals surface area contributed by atoms with Crippen molar-refractivity contribution in [3.05, 3.63) is 82.5 Å². The average Bonchev–Trinajstić information content (AvgIpc) is 3.70. The Labute approximate surface area is 306 Å². The summed E-state index contributed by atoms with van der Waals surface area (Å²) in [5, 5.41) is 24.6. The second kappa shape index (κ2) is 14.4. The van der Waals surface area contributed by atoms with Gasteiger partial charge in [0.15, 0.2) is 23.3 Å². The lowest BCUT2D eigenvalue weighted by Crippen LogP contribution is -2.63. The molecule has 2 aromatic heterocycles. The van der Waals surface area contributed by atoms with Gasteiger partial charge in [-0.3, -0.25) is 19.7 Å². The van der Waals surface area contributed by atoms with Crippen LogP contribution in [0, 0.1) is 44.1 Å². The summed E-state index contributed by atoms with van der Waals surface area (Å²) < 4.78 is 9.13. The second-order valence-corrected chi connectivity index (χ2v) is 16.6. The van der Waals surface area contributed by atoms with Crippen molar-refractivity contribution >= 4 is 57.5 Å². The standard InChI is InChI=1S/C37H44N3O6S2.BrH/c1-6-35(4)19-30(36(5)23(2)11-15-37(24(3)33(35)43)16-12-29(41)32(36)37)46-31(42)22-48-34-38-28(21-47-34)26-13-17-39(18-14-26)20-25-7-9-27(10-8-25)40(44)45;/h6-10,13-14,17-18,21,23-24,30,32-33,43H,1,11-12,15-16,19-20,22H2,2-5H3;1H/q+1;/t23-,24+,30-,32+,33+,35-,36+,37+;/m1./s1. The number of aliphatic hydroxyl groups excluding tert-OH is 1. The molecule has 2 heterocycles. The Morgan fingerprint density at radius 3 is 2.55 bits per heavy atom. The van der Waals surface area contributed by atoms with Crippen LogP contribution < -0.4 is 4.57 Å². The molecule has 0 aliphatic heterocycles. The van der Waals surface area contributed by atoms with Crippen LogP contribution in [0.5, 0.6) is 0 Å². The number of aliphatic hydroxyl groups is 1. The van der Waals surface area contributed by atoms with Crippen molar-refractivity contribution in [2.45, 2.75) is 82.9 Å². The smallest absolute Gasteiger partial charge is 0.316 e. The summed E-state index contributed by atoms with van der Waals surface area (Å²) in [6, 6.07) is 10.5. The van der Waals surface area contributed by atoms with Crippen molar-refractivity contribution < 1.29 is 28.9 Å². The van der Waals surface area contributed by atoms with Crippen molar-refractivity contribution in [3.8, 4) is 11.3 Å². The molecule has 49 heavy (non-hydrogen) atoms. The van der Waals surface area contributed by atoms with Crippen molar-refractivity contribution in [2.24, 2.45) is 34.0 Å². The molecule has 2 bridgehead atoms. The number of nitro benzene ring substituents is 1. The van der Waals surface area contributed by atoms with Gasteiger partial charge in [-0.05, 0) is 55.1 Å². The summed E-state index contributed by atoms with van der Waals surface area (Å²) in [7, 11) is 0. The van der Waals surface area contributed by atoms with Crippen LogP contribution >= 0.6 is 40.1 Å². The van der Waals surface area contributed by atoms with E-state index in [0.717, 1.165) is 40.4 Å². The van der Waals surface area contributed by atoms with E-state index in [0.29, 0.717) is 19.4 Å². The number of ether oxygens (including phenoxy) is 1. The summed E-state index contributed by atoms with van der Waals surface area (Å²) in [4.78, 5) is 42.5. The second-order valence-electron chi connectivity index (χ2n) is 14.5. The van der Waals surface area contributed by atoms with E-state index in [4.69, 9.17) is 9.72 Å². The number of Topliss-reactive ketones (excluding diaryl/α,β-unsaturated/α-hetero) is 1. The SMILES string of the molecule is Br.C=C[C@]1(C)C[C@@H](OC(=O)CSc2nc(-c3cc[n+](Cc4ccc([N+](=O)[O-])cc4)cc3)cs2)[C@]2(C)[C@H](C)CC[C@]3(CCC(=O)[C@H]32)[C@@H](C)[C@@H]1O. The number of ketones is 1. The number of carbonyl (C=O) groups excluding carboxylic acids is 2. The number of hydrogen-bond acceptors (Lipinski definition) is 9. The molecule has 1 N–H and O–H groups in total. The molecule has 12 heteroatoms. The van der Waals surface area contributed by atoms with Gasteiger partial charge in [-0.25, -0.2) is 9.55 Å². The number of non-ortho nitro benzene ring substituents is 1. The number of halogens is 1. The predicted molar refractivity (Wildman–Crippen MR) is 196 cm³/mol. The monoisotopic (exact) mass is 770 g/mol. The molecule has 3 saturated carbocycles. The van der Waals surface area contributed by atoms with Crippen molar-refractivity contribution in [2.75, 3.05) is 5.75 Å². The molecule has 9 nitrogen and oxygen atoms in total. The van der Waals surface area contributed by atoms with Crippen molar-refractivity contribution in [3.63, 3.8) is 0 Å². The fraction of sp³-hybridized carbons (Fsp3) is 0.514. The molecule has 1 aromatic carbocycles. The molecule has 0 saturated heterocycles. The first-order chi connectivity index (χ1) is 22.8. The van der Waals surface area contributed by atoms with Gasteiger partial charge in [0.25, 0.3) is 5.69 Å². The maximum Gasteiger partial charge on any atom is 0.316 e. The quantitative estimate of drug-likeness (QED) is 0.0589. The summed E-state index contributed by atoms with van der Waals surface area (Å²) in [6.07, 6.45) is 8.01. The van der Waals surface area contributed by atoms with Gasteiger partial charge in [-0.15, -0.1) is 34.9 Å². The van der Waals surface area contributed by atoms with E-state index in [9.17, 15) is 24.8 Å². The van der Waals surface area contributed by atoms with E-state index >= 15 is 0 Å². The summed E-state index contributed by atoms with van der Waals surface area (Å²) in [5.74, 6) is -0.156. The summed E-state index contributed by atoms with van der Waals surface area (Å²) >= 11 is 2.81. The van der Waals surface area contributed by atoms with E-state index in [1.807, 2.05) is 47.5 Å². The highest BCUT2D eigenvalue weighted by Gasteiger charge is 2.68. The third-order valence-corrected chi connectivity index (χ3v) is 14.1. The van der Waals surface area contributed by atoms with Crippen LogP contribution in [0.15, 0.2) is 71.2 Å². The molecule has 8 atom stereocenters. The first-order valence-corrected chi connectivity index (χ1v) is 18.5. The molecule has 0 amide bonds. The Hall–Kier alpha value is -2.93. The molecular formula is C37H45BrN3O6S2+. The largest absolute Gasteiger partial charge is 0.461 e. The van der Waals surface area contributed by atoms with E-state index in [1.54, 1.807) is 12.1 Å². The third kappa shape index (κ3) is 6.78. The van der Waals surface area contributed by atoms with Crippen LogP contribution in [-0.2, 0) is 20.9 Å². The summed E-state index contributed by atoms with van der Waals surface area (Å²) in [5.41, 5.74) is 1.26. The van der Waals surface area contributed by atoms with Crippen LogP contribution in [0.3, 0.4) is 0 Å². The van der Waals surface area contributed by atoms with E-state index in [2.05, 4.69) is 27.4 Å². The fourth-order valence-electron chi connectivity index (χ4n) is 8.94. The first-order valence-electron chi connectivity index (χ1n) is 16.7. The lowest BCUT2D eigenvalue weighted by molar-refractivity contribution is -0.688. The molecular weight excluding hydrogens is 726 g/mol. The van der Waals surface area contributed by atoms with Crippen LogP contribution in [0.4, 0.5) is 5.69 Å². The zero-order valence-corrected chi connectivity index (χ0v) is 31.7. The zero-order chi connectivity index (χ0) is 34.4. The number of thioether (sulfide) groups is 1. The minimum atomic E-state index is -0.694. The van der Waals surface area contributed by atoms with Crippen LogP contribution in [0.25, 0.3) is 11.3 Å². The topological polar surface area (TPSA) is 124 Å². The van der Waals surface area contributed by atoms with Crippen molar-refractivity contribution in [1.29, 1.82) is 0 Å². The zero-order valence-electron chi connectivity index (χ0n) is 28.4. The van der Waals surface area contributed by atoms with E-state index in [1.165, 1.54) is 35.2 Å². The van der Waals surface area contributed by atoms with Gasteiger partial charge in [-0.1, -0.05) is 45.5 Å². The average molecular weight is 772 g/mol. The normalized spacial score (nSPS) is 32.3. The Balaban J connectivity index is 0.00000468. The number of thiazole rings is 1. The van der Waals surface area contributed by atoms with Gasteiger partial charge in [0, 0.05) is 63.9 Å². The Kier molecular flexibility index (Phi) is 10.9. The maximum absolute atomic E-state index is 13.6. The molecule has 3 fully saturated rings. The lowest BCUT2D eigenvalue weighted by atomic mass is 9.44. The number of benzene rings is 1. The Morgan fingerprint density at radius 2 is 1.90 bits per heavy atom. The molecule has 262 valence electrons. The van der Waals surface area contributed by atoms with Crippen LogP contribution in [0.2, 0.25) is 0 Å². The Morgan fingerprint density at radius 1 is 1.20 bits per heavy atom. The maximum atomic E-state index is 13.6. The minimum absolute atomic E-state index is 0. The highest BCUT2D eigenvalue weighted by molar-refractivity contribution is 8.93. The molecule has 6 rings (SSSR count). The van der Waals surface area contributed by atoms with Gasteiger partial charge in [0.2, 0.25) is 0 Å². The first kappa shape index (κ1) is 37.3. The molecule has 3 aromatic rings. The fourth-order valence-corrected chi connectivity index (χ4v) is 10.6. The van der Waals surface area contributed by atoms with Gasteiger partial charge in [0.1, 0.15) is 11.9 Å². The molecule has 0 radical (unpaired) electrons. The number of aromatic nitrogens is 2. The Bertz CT molecular complexity index is 1720. The molecule has 3 aliphatic carbocycles. The van der Waals surface area contributed by atoms with Gasteiger partial charge in [0.05, 0.1) is 22.5 Å². The van der Waals surface area contributed by atoms with Crippen LogP contribution in [-0.4, -0.2) is 44.7 Å². The molecule has 0 spiro atoms. The number of carbonyl (C=O) groups is 2. The highest BCUT2D eigenvalue weighted by atomic mass is 79.9. The highest BCUT2D eigenvalue weighted by Crippen LogP contribution is 2.68. The number of pyridine rings is 1. The van der Waals surface area contributed by atoms with Gasteiger partial charge in [-0.2, -0.15) is 0 Å². The molecule has 3 aliphatic rings. The van der Waals surface area contributed by atoms with Gasteiger partial charge < -0.3 is 9.84 Å². The number of esters is 1. The lowest BCUT2D eigenvalue weighted by Gasteiger charge is -2.61. The number of hydrogen-bond donors (Lipinski definition) is 1. The van der Waals surface area contributed by atoms with E-state index < -0.39 is 28.0 Å².